The minimum absolute atomic E-state index is 0.313. The summed E-state index contributed by atoms with van der Waals surface area (Å²) in [6.07, 6.45) is 0. The molecule has 1 aliphatic heterocycles. The van der Waals surface area contributed by atoms with Crippen molar-refractivity contribution in [2.75, 3.05) is 0 Å². The number of hydrogen-bond acceptors (Lipinski definition) is 3. The SMILES string of the molecule is Cc1ccc([C@H](N)B2OC(C)(C)C(C)(C)O2)c2ccccc12. The fourth-order valence-corrected chi connectivity index (χ4v) is 2.95. The Morgan fingerprint density at radius 1 is 0.909 bits per heavy atom. The highest BCUT2D eigenvalue weighted by molar-refractivity contribution is 6.47. The molecular weight excluding hydrogens is 273 g/mol. The minimum atomic E-state index is -0.434. The average Bonchev–Trinajstić information content (AvgIpc) is 2.68. The predicted molar refractivity (Wildman–Crippen MR) is 91.7 cm³/mol. The van der Waals surface area contributed by atoms with Crippen LogP contribution in [0, 0.1) is 6.92 Å². The van der Waals surface area contributed by atoms with Gasteiger partial charge in [-0.05, 0) is 56.5 Å². The number of benzene rings is 2. The average molecular weight is 297 g/mol. The Labute approximate surface area is 132 Å². The third-order valence-corrected chi connectivity index (χ3v) is 5.10. The molecule has 0 bridgehead atoms. The zero-order valence-corrected chi connectivity index (χ0v) is 14.0. The maximum Gasteiger partial charge on any atom is 0.480 e. The molecule has 0 radical (unpaired) electrons. The second-order valence-corrected chi connectivity index (χ2v) is 7.17. The number of rotatable bonds is 2. The quantitative estimate of drug-likeness (QED) is 0.858. The maximum atomic E-state index is 6.51. The lowest BCUT2D eigenvalue weighted by atomic mass is 9.73. The zero-order valence-electron chi connectivity index (χ0n) is 14.0. The molecule has 1 aliphatic rings. The van der Waals surface area contributed by atoms with E-state index in [-0.39, 0.29) is 17.1 Å². The Hall–Kier alpha value is -1.36. The van der Waals surface area contributed by atoms with Gasteiger partial charge in [0.15, 0.2) is 0 Å². The second kappa shape index (κ2) is 5.09. The van der Waals surface area contributed by atoms with Crippen LogP contribution in [0.2, 0.25) is 0 Å². The Morgan fingerprint density at radius 2 is 1.45 bits per heavy atom. The number of fused-ring (bicyclic) bond motifs is 1. The zero-order chi connectivity index (χ0) is 16.1. The van der Waals surface area contributed by atoms with Crippen molar-refractivity contribution in [1.29, 1.82) is 0 Å². The topological polar surface area (TPSA) is 44.5 Å². The van der Waals surface area contributed by atoms with E-state index in [4.69, 9.17) is 15.0 Å². The van der Waals surface area contributed by atoms with Crippen LogP contribution < -0.4 is 5.73 Å². The molecule has 3 nitrogen and oxygen atoms in total. The van der Waals surface area contributed by atoms with Crippen molar-refractivity contribution in [3.05, 3.63) is 47.5 Å². The van der Waals surface area contributed by atoms with Crippen LogP contribution in [0.25, 0.3) is 10.8 Å². The Bertz CT molecular complexity index is 695. The lowest BCUT2D eigenvalue weighted by Crippen LogP contribution is -2.41. The number of aryl methyl sites for hydroxylation is 1. The minimum Gasteiger partial charge on any atom is -0.402 e. The van der Waals surface area contributed by atoms with E-state index in [0.29, 0.717) is 0 Å². The van der Waals surface area contributed by atoms with Crippen LogP contribution >= 0.6 is 0 Å². The van der Waals surface area contributed by atoms with Crippen molar-refractivity contribution < 1.29 is 9.31 Å². The highest BCUT2D eigenvalue weighted by Crippen LogP contribution is 2.40. The van der Waals surface area contributed by atoms with Gasteiger partial charge < -0.3 is 15.0 Å². The third-order valence-electron chi connectivity index (χ3n) is 5.10. The van der Waals surface area contributed by atoms with Gasteiger partial charge in [0.1, 0.15) is 0 Å². The molecule has 3 rings (SSSR count). The molecule has 0 amide bonds. The van der Waals surface area contributed by atoms with Gasteiger partial charge in [0.05, 0.1) is 17.1 Å². The van der Waals surface area contributed by atoms with Gasteiger partial charge in [0, 0.05) is 0 Å². The Kier molecular flexibility index (Phi) is 3.59. The first-order valence-electron chi connectivity index (χ1n) is 7.82. The van der Waals surface area contributed by atoms with Gasteiger partial charge in [-0.2, -0.15) is 0 Å². The van der Waals surface area contributed by atoms with E-state index in [1.807, 2.05) is 33.8 Å². The molecule has 1 saturated heterocycles. The summed E-state index contributed by atoms with van der Waals surface area (Å²) in [7, 11) is -0.434. The number of nitrogens with two attached hydrogens (primary N) is 1. The molecule has 2 aromatic rings. The van der Waals surface area contributed by atoms with Gasteiger partial charge in [-0.3, -0.25) is 0 Å². The van der Waals surface area contributed by atoms with Gasteiger partial charge >= 0.3 is 7.12 Å². The van der Waals surface area contributed by atoms with Crippen LogP contribution in [0.3, 0.4) is 0 Å². The van der Waals surface area contributed by atoms with E-state index in [2.05, 4.69) is 37.3 Å². The van der Waals surface area contributed by atoms with Crippen molar-refractivity contribution in [1.82, 2.24) is 0 Å². The van der Waals surface area contributed by atoms with Gasteiger partial charge in [-0.25, -0.2) is 0 Å². The summed E-state index contributed by atoms with van der Waals surface area (Å²) in [6, 6.07) is 12.5. The second-order valence-electron chi connectivity index (χ2n) is 7.17. The van der Waals surface area contributed by atoms with E-state index < -0.39 is 7.12 Å². The summed E-state index contributed by atoms with van der Waals surface area (Å²) in [6.45, 7) is 10.3. The van der Waals surface area contributed by atoms with Gasteiger partial charge in [-0.1, -0.05) is 36.4 Å². The first-order chi connectivity index (χ1) is 10.2. The normalized spacial score (nSPS) is 21.3. The molecule has 0 saturated carbocycles. The standard InChI is InChI=1S/C18H24BNO2/c1-12-10-11-15(14-9-7-6-8-13(12)14)16(20)19-21-17(2,3)18(4,5)22-19/h6-11,16H,20H2,1-5H3/t16-/m0/s1. The summed E-state index contributed by atoms with van der Waals surface area (Å²) < 4.78 is 12.2. The summed E-state index contributed by atoms with van der Waals surface area (Å²) in [5.74, 6) is -0.313. The summed E-state index contributed by atoms with van der Waals surface area (Å²) in [4.78, 5) is 0. The smallest absolute Gasteiger partial charge is 0.402 e. The molecule has 0 aromatic heterocycles. The monoisotopic (exact) mass is 297 g/mol. The van der Waals surface area contributed by atoms with Crippen LogP contribution in [0.1, 0.15) is 44.8 Å². The van der Waals surface area contributed by atoms with E-state index in [1.54, 1.807) is 0 Å². The van der Waals surface area contributed by atoms with Crippen LogP contribution in [0.15, 0.2) is 36.4 Å². The molecule has 1 fully saturated rings. The molecule has 4 heteroatoms. The molecule has 0 unspecified atom stereocenters. The lowest BCUT2D eigenvalue weighted by molar-refractivity contribution is 0.00578. The lowest BCUT2D eigenvalue weighted by Gasteiger charge is -2.32. The first-order valence-corrected chi connectivity index (χ1v) is 7.82. The molecule has 1 atom stereocenters. The van der Waals surface area contributed by atoms with Crippen molar-refractivity contribution in [2.45, 2.75) is 51.8 Å². The van der Waals surface area contributed by atoms with Crippen molar-refractivity contribution in [3.63, 3.8) is 0 Å². The molecule has 1 heterocycles. The van der Waals surface area contributed by atoms with Crippen molar-refractivity contribution in [2.24, 2.45) is 5.73 Å². The molecule has 116 valence electrons. The largest absolute Gasteiger partial charge is 0.480 e. The van der Waals surface area contributed by atoms with E-state index in [0.717, 1.165) is 5.56 Å². The van der Waals surface area contributed by atoms with E-state index >= 15 is 0 Å². The van der Waals surface area contributed by atoms with Crippen LogP contribution in [0.4, 0.5) is 0 Å². The Balaban J connectivity index is 2.01. The first kappa shape index (κ1) is 15.5. The summed E-state index contributed by atoms with van der Waals surface area (Å²) in [5, 5.41) is 2.40. The van der Waals surface area contributed by atoms with Crippen LogP contribution in [-0.2, 0) is 9.31 Å². The van der Waals surface area contributed by atoms with Crippen LogP contribution in [-0.4, -0.2) is 18.3 Å². The molecule has 22 heavy (non-hydrogen) atoms. The predicted octanol–water partition coefficient (Wildman–Crippen LogP) is 3.78. The fraction of sp³-hybridized carbons (Fsp3) is 0.444. The molecule has 2 aromatic carbocycles. The molecule has 0 spiro atoms. The van der Waals surface area contributed by atoms with Crippen LogP contribution in [0.5, 0.6) is 0 Å². The molecule has 2 N–H and O–H groups in total. The van der Waals surface area contributed by atoms with Gasteiger partial charge in [0.25, 0.3) is 0 Å². The van der Waals surface area contributed by atoms with Crippen molar-refractivity contribution >= 4 is 17.9 Å². The van der Waals surface area contributed by atoms with Gasteiger partial charge in [-0.15, -0.1) is 0 Å². The highest BCUT2D eigenvalue weighted by atomic mass is 16.7. The molecular formula is C18H24BNO2. The number of hydrogen-bond donors (Lipinski definition) is 1. The maximum absolute atomic E-state index is 6.51. The van der Waals surface area contributed by atoms with Gasteiger partial charge in [0.2, 0.25) is 0 Å². The Morgan fingerprint density at radius 3 is 2.05 bits per heavy atom. The van der Waals surface area contributed by atoms with E-state index in [9.17, 15) is 0 Å². The van der Waals surface area contributed by atoms with E-state index in [1.165, 1.54) is 16.3 Å². The summed E-state index contributed by atoms with van der Waals surface area (Å²) in [5.41, 5.74) is 8.10. The van der Waals surface area contributed by atoms with Crippen molar-refractivity contribution in [3.8, 4) is 0 Å². The highest BCUT2D eigenvalue weighted by Gasteiger charge is 2.53. The molecule has 0 aliphatic carbocycles. The summed E-state index contributed by atoms with van der Waals surface area (Å²) >= 11 is 0. The fourth-order valence-electron chi connectivity index (χ4n) is 2.95. The third kappa shape index (κ3) is 2.36.